The lowest BCUT2D eigenvalue weighted by molar-refractivity contribution is -0.135. The standard InChI is InChI=1S/C16H23ClN2O2/c1-2-21-13-16(20)19-9-3-8-18(10-11-19)12-14-4-6-15(17)7-5-14/h4-7H,2-3,8-13H2,1H3. The van der Waals surface area contributed by atoms with E-state index in [2.05, 4.69) is 17.0 Å². The second-order valence-corrected chi connectivity index (χ2v) is 5.71. The minimum absolute atomic E-state index is 0.102. The lowest BCUT2D eigenvalue weighted by Gasteiger charge is -2.22. The van der Waals surface area contributed by atoms with Crippen LogP contribution in [0.3, 0.4) is 0 Å². The SMILES string of the molecule is CCOCC(=O)N1CCCN(Cc2ccc(Cl)cc2)CC1. The molecular formula is C16H23ClN2O2. The van der Waals surface area contributed by atoms with Crippen LogP contribution in [0.1, 0.15) is 18.9 Å². The van der Waals surface area contributed by atoms with Crippen molar-refractivity contribution in [2.24, 2.45) is 0 Å². The Morgan fingerprint density at radius 1 is 1.19 bits per heavy atom. The molecule has 0 radical (unpaired) electrons. The van der Waals surface area contributed by atoms with Crippen molar-refractivity contribution >= 4 is 17.5 Å². The lowest BCUT2D eigenvalue weighted by atomic mass is 10.2. The lowest BCUT2D eigenvalue weighted by Crippen LogP contribution is -2.37. The highest BCUT2D eigenvalue weighted by molar-refractivity contribution is 6.30. The van der Waals surface area contributed by atoms with Crippen LogP contribution in [0.4, 0.5) is 0 Å². The second kappa shape index (κ2) is 8.37. The van der Waals surface area contributed by atoms with Gasteiger partial charge in [0, 0.05) is 44.4 Å². The van der Waals surface area contributed by atoms with Gasteiger partial charge in [0.2, 0.25) is 5.91 Å². The molecule has 21 heavy (non-hydrogen) atoms. The molecule has 0 saturated carbocycles. The zero-order valence-corrected chi connectivity index (χ0v) is 13.3. The highest BCUT2D eigenvalue weighted by Crippen LogP contribution is 2.13. The molecule has 4 nitrogen and oxygen atoms in total. The van der Waals surface area contributed by atoms with Crippen molar-refractivity contribution in [1.29, 1.82) is 0 Å². The molecular weight excluding hydrogens is 288 g/mol. The molecule has 1 aliphatic rings. The third-order valence-electron chi connectivity index (χ3n) is 3.69. The molecule has 1 aromatic carbocycles. The molecule has 2 rings (SSSR count). The quantitative estimate of drug-likeness (QED) is 0.837. The normalized spacial score (nSPS) is 16.8. The van der Waals surface area contributed by atoms with Crippen LogP contribution in [0.5, 0.6) is 0 Å². The molecule has 1 aromatic rings. The van der Waals surface area contributed by atoms with Crippen LogP contribution in [-0.4, -0.2) is 55.1 Å². The first-order valence-electron chi connectivity index (χ1n) is 7.51. The van der Waals surface area contributed by atoms with Gasteiger partial charge in [-0.1, -0.05) is 23.7 Å². The van der Waals surface area contributed by atoms with E-state index in [0.717, 1.165) is 44.2 Å². The fraction of sp³-hybridized carbons (Fsp3) is 0.562. The number of rotatable bonds is 5. The van der Waals surface area contributed by atoms with E-state index >= 15 is 0 Å². The van der Waals surface area contributed by atoms with Crippen LogP contribution >= 0.6 is 11.6 Å². The number of halogens is 1. The van der Waals surface area contributed by atoms with Gasteiger partial charge in [-0.25, -0.2) is 0 Å². The van der Waals surface area contributed by atoms with Gasteiger partial charge in [0.15, 0.2) is 0 Å². The van der Waals surface area contributed by atoms with Crippen LogP contribution in [-0.2, 0) is 16.1 Å². The summed E-state index contributed by atoms with van der Waals surface area (Å²) in [6.07, 6.45) is 1.01. The number of hydrogen-bond acceptors (Lipinski definition) is 3. The van der Waals surface area contributed by atoms with Crippen molar-refractivity contribution in [3.63, 3.8) is 0 Å². The molecule has 0 bridgehead atoms. The van der Waals surface area contributed by atoms with E-state index in [-0.39, 0.29) is 12.5 Å². The number of amides is 1. The number of benzene rings is 1. The Hall–Kier alpha value is -1.10. The highest BCUT2D eigenvalue weighted by atomic mass is 35.5. The Kier molecular flexibility index (Phi) is 6.49. The van der Waals surface area contributed by atoms with E-state index in [4.69, 9.17) is 16.3 Å². The fourth-order valence-electron chi connectivity index (χ4n) is 2.51. The molecule has 1 heterocycles. The maximum atomic E-state index is 12.0. The Morgan fingerprint density at radius 2 is 1.95 bits per heavy atom. The summed E-state index contributed by atoms with van der Waals surface area (Å²) in [6.45, 7) is 7.12. The summed E-state index contributed by atoms with van der Waals surface area (Å²) in [6, 6.07) is 7.97. The number of hydrogen-bond donors (Lipinski definition) is 0. The van der Waals surface area contributed by atoms with Crippen molar-refractivity contribution in [2.45, 2.75) is 19.9 Å². The van der Waals surface area contributed by atoms with Gasteiger partial charge >= 0.3 is 0 Å². The van der Waals surface area contributed by atoms with Crippen LogP contribution in [0.2, 0.25) is 5.02 Å². The van der Waals surface area contributed by atoms with Crippen molar-refractivity contribution in [3.05, 3.63) is 34.9 Å². The number of nitrogens with zero attached hydrogens (tertiary/aromatic N) is 2. The maximum absolute atomic E-state index is 12.0. The van der Waals surface area contributed by atoms with Gasteiger partial charge in [-0.05, 0) is 31.0 Å². The topological polar surface area (TPSA) is 32.8 Å². The average Bonchev–Trinajstić information content (AvgIpc) is 2.73. The first-order chi connectivity index (χ1) is 10.2. The zero-order valence-electron chi connectivity index (χ0n) is 12.6. The Bertz CT molecular complexity index is 450. The molecule has 0 unspecified atom stereocenters. The van der Waals surface area contributed by atoms with E-state index in [1.54, 1.807) is 0 Å². The number of ether oxygens (including phenoxy) is 1. The molecule has 0 spiro atoms. The van der Waals surface area contributed by atoms with Gasteiger partial charge in [-0.2, -0.15) is 0 Å². The summed E-state index contributed by atoms with van der Waals surface area (Å²) in [5.74, 6) is 0.102. The molecule has 116 valence electrons. The summed E-state index contributed by atoms with van der Waals surface area (Å²) in [7, 11) is 0. The average molecular weight is 311 g/mol. The molecule has 1 fully saturated rings. The van der Waals surface area contributed by atoms with Crippen molar-refractivity contribution in [3.8, 4) is 0 Å². The third-order valence-corrected chi connectivity index (χ3v) is 3.94. The first-order valence-corrected chi connectivity index (χ1v) is 7.89. The van der Waals surface area contributed by atoms with Crippen LogP contribution in [0.25, 0.3) is 0 Å². The Morgan fingerprint density at radius 3 is 2.67 bits per heavy atom. The van der Waals surface area contributed by atoms with Gasteiger partial charge in [0.25, 0.3) is 0 Å². The first kappa shape index (κ1) is 16.3. The molecule has 0 N–H and O–H groups in total. The fourth-order valence-corrected chi connectivity index (χ4v) is 2.63. The second-order valence-electron chi connectivity index (χ2n) is 5.27. The van der Waals surface area contributed by atoms with E-state index in [1.807, 2.05) is 24.0 Å². The van der Waals surface area contributed by atoms with Crippen LogP contribution < -0.4 is 0 Å². The molecule has 0 atom stereocenters. The van der Waals surface area contributed by atoms with Gasteiger partial charge in [-0.15, -0.1) is 0 Å². The largest absolute Gasteiger partial charge is 0.372 e. The smallest absolute Gasteiger partial charge is 0.248 e. The number of carbonyl (C=O) groups excluding carboxylic acids is 1. The molecule has 1 saturated heterocycles. The zero-order chi connectivity index (χ0) is 15.1. The van der Waals surface area contributed by atoms with Gasteiger partial charge < -0.3 is 9.64 Å². The minimum Gasteiger partial charge on any atom is -0.372 e. The Labute approximate surface area is 131 Å². The summed E-state index contributed by atoms with van der Waals surface area (Å²) >= 11 is 5.91. The van der Waals surface area contributed by atoms with Crippen LogP contribution in [0.15, 0.2) is 24.3 Å². The summed E-state index contributed by atoms with van der Waals surface area (Å²) in [5.41, 5.74) is 1.26. The Balaban J connectivity index is 1.83. The molecule has 1 aliphatic heterocycles. The van der Waals surface area contributed by atoms with Gasteiger partial charge in [0.1, 0.15) is 6.61 Å². The monoisotopic (exact) mass is 310 g/mol. The van der Waals surface area contributed by atoms with E-state index < -0.39 is 0 Å². The molecule has 5 heteroatoms. The number of carbonyl (C=O) groups is 1. The molecule has 1 amide bonds. The van der Waals surface area contributed by atoms with Crippen molar-refractivity contribution in [1.82, 2.24) is 9.80 Å². The summed E-state index contributed by atoms with van der Waals surface area (Å²) in [4.78, 5) is 16.3. The highest BCUT2D eigenvalue weighted by Gasteiger charge is 2.18. The van der Waals surface area contributed by atoms with Gasteiger partial charge in [0.05, 0.1) is 0 Å². The van der Waals surface area contributed by atoms with Crippen molar-refractivity contribution < 1.29 is 9.53 Å². The predicted octanol–water partition coefficient (Wildman–Crippen LogP) is 2.41. The molecule has 0 aliphatic carbocycles. The summed E-state index contributed by atoms with van der Waals surface area (Å²) in [5, 5.41) is 0.766. The predicted molar refractivity (Wildman–Crippen MR) is 84.4 cm³/mol. The molecule has 0 aromatic heterocycles. The van der Waals surface area contributed by atoms with Gasteiger partial charge in [-0.3, -0.25) is 9.69 Å². The van der Waals surface area contributed by atoms with E-state index in [1.165, 1.54) is 5.56 Å². The minimum atomic E-state index is 0.102. The maximum Gasteiger partial charge on any atom is 0.248 e. The van der Waals surface area contributed by atoms with Crippen molar-refractivity contribution in [2.75, 3.05) is 39.4 Å². The third kappa shape index (κ3) is 5.30. The van der Waals surface area contributed by atoms with Crippen LogP contribution in [0, 0.1) is 0 Å². The van der Waals surface area contributed by atoms with E-state index in [0.29, 0.717) is 6.61 Å². The van der Waals surface area contributed by atoms with E-state index in [9.17, 15) is 4.79 Å². The summed E-state index contributed by atoms with van der Waals surface area (Å²) < 4.78 is 5.21.